The van der Waals surface area contributed by atoms with E-state index in [1.54, 1.807) is 0 Å². The Kier molecular flexibility index (Phi) is 5.75. The summed E-state index contributed by atoms with van der Waals surface area (Å²) in [6, 6.07) is 8.38. The molecule has 94 valence electrons. The summed E-state index contributed by atoms with van der Waals surface area (Å²) in [7, 11) is 0. The minimum Gasteiger partial charge on any atom is -0.411 e. The Morgan fingerprint density at radius 1 is 1.18 bits per heavy atom. The Hall–Kier alpha value is -1.31. The molecule has 2 nitrogen and oxygen atoms in total. The van der Waals surface area contributed by atoms with Crippen LogP contribution in [0.3, 0.4) is 0 Å². The van der Waals surface area contributed by atoms with Crippen LogP contribution in [0.1, 0.15) is 51.2 Å². The van der Waals surface area contributed by atoms with Gasteiger partial charge >= 0.3 is 0 Å². The van der Waals surface area contributed by atoms with Crippen LogP contribution in [0, 0.1) is 5.92 Å². The fraction of sp³-hybridized carbons (Fsp3) is 0.533. The molecule has 0 heterocycles. The molecule has 0 aliphatic rings. The monoisotopic (exact) mass is 233 g/mol. The van der Waals surface area contributed by atoms with E-state index in [2.05, 4.69) is 36.3 Å². The zero-order chi connectivity index (χ0) is 12.7. The molecule has 0 radical (unpaired) electrons. The minimum absolute atomic E-state index is 0.242. The maximum Gasteiger partial charge on any atom is 0.0893 e. The van der Waals surface area contributed by atoms with Crippen molar-refractivity contribution in [3.8, 4) is 0 Å². The van der Waals surface area contributed by atoms with Crippen molar-refractivity contribution in [1.82, 2.24) is 0 Å². The summed E-state index contributed by atoms with van der Waals surface area (Å²) >= 11 is 0. The van der Waals surface area contributed by atoms with Gasteiger partial charge in [-0.25, -0.2) is 0 Å². The van der Waals surface area contributed by atoms with Crippen LogP contribution in [-0.2, 0) is 6.42 Å². The first-order valence-corrected chi connectivity index (χ1v) is 6.50. The second-order valence-electron chi connectivity index (χ2n) is 4.79. The van der Waals surface area contributed by atoms with Crippen molar-refractivity contribution in [3.05, 3.63) is 35.4 Å². The lowest BCUT2D eigenvalue weighted by atomic mass is 9.98. The molecule has 1 N–H and O–H groups in total. The summed E-state index contributed by atoms with van der Waals surface area (Å²) < 4.78 is 0. The fourth-order valence-corrected chi connectivity index (χ4v) is 1.93. The molecule has 0 aliphatic heterocycles. The first kappa shape index (κ1) is 13.8. The second-order valence-corrected chi connectivity index (χ2v) is 4.79. The van der Waals surface area contributed by atoms with E-state index in [9.17, 15) is 0 Å². The van der Waals surface area contributed by atoms with E-state index < -0.39 is 0 Å². The van der Waals surface area contributed by atoms with Gasteiger partial charge in [0.15, 0.2) is 0 Å². The molecule has 0 saturated carbocycles. The van der Waals surface area contributed by atoms with Gasteiger partial charge < -0.3 is 5.21 Å². The van der Waals surface area contributed by atoms with E-state index in [0.717, 1.165) is 17.7 Å². The molecule has 0 amide bonds. The third-order valence-electron chi connectivity index (χ3n) is 2.97. The number of hydrogen-bond donors (Lipinski definition) is 1. The van der Waals surface area contributed by atoms with Crippen LogP contribution < -0.4 is 0 Å². The van der Waals surface area contributed by atoms with Crippen LogP contribution in [-0.4, -0.2) is 10.9 Å². The summed E-state index contributed by atoms with van der Waals surface area (Å²) in [5.41, 5.74) is 3.13. The molecule has 1 rings (SSSR count). The van der Waals surface area contributed by atoms with E-state index in [1.165, 1.54) is 24.8 Å². The molecule has 0 atom stereocenters. The maximum absolute atomic E-state index is 8.98. The van der Waals surface area contributed by atoms with Gasteiger partial charge in [0.2, 0.25) is 0 Å². The number of hydrogen-bond acceptors (Lipinski definition) is 2. The summed E-state index contributed by atoms with van der Waals surface area (Å²) in [4.78, 5) is 0. The number of rotatable bonds is 6. The standard InChI is InChI=1S/C15H23NO/c1-4-5-6-7-13-8-10-14(11-9-13)15(16-17)12(2)3/h8-12,17H,4-7H2,1-3H3. The lowest BCUT2D eigenvalue weighted by Crippen LogP contribution is -2.09. The zero-order valence-electron chi connectivity index (χ0n) is 11.1. The molecule has 1 aromatic rings. The molecule has 17 heavy (non-hydrogen) atoms. The summed E-state index contributed by atoms with van der Waals surface area (Å²) in [6.45, 7) is 6.28. The largest absolute Gasteiger partial charge is 0.411 e. The van der Waals surface area contributed by atoms with E-state index in [4.69, 9.17) is 5.21 Å². The van der Waals surface area contributed by atoms with E-state index >= 15 is 0 Å². The third-order valence-corrected chi connectivity index (χ3v) is 2.97. The predicted octanol–water partition coefficient (Wildman–Crippen LogP) is 4.25. The number of nitrogens with zero attached hydrogens (tertiary/aromatic N) is 1. The molecule has 0 saturated heterocycles. The van der Waals surface area contributed by atoms with Crippen molar-refractivity contribution in [2.45, 2.75) is 46.5 Å². The summed E-state index contributed by atoms with van der Waals surface area (Å²) in [5, 5.41) is 12.4. The molecule has 0 spiro atoms. The highest BCUT2D eigenvalue weighted by Crippen LogP contribution is 2.13. The second kappa shape index (κ2) is 7.10. The van der Waals surface area contributed by atoms with Gasteiger partial charge in [-0.3, -0.25) is 0 Å². The van der Waals surface area contributed by atoms with Gasteiger partial charge in [-0.1, -0.05) is 63.0 Å². The van der Waals surface area contributed by atoms with Crippen LogP contribution in [0.5, 0.6) is 0 Å². The van der Waals surface area contributed by atoms with Crippen LogP contribution in [0.4, 0.5) is 0 Å². The Morgan fingerprint density at radius 3 is 2.29 bits per heavy atom. The first-order valence-electron chi connectivity index (χ1n) is 6.50. The van der Waals surface area contributed by atoms with E-state index in [0.29, 0.717) is 0 Å². The number of aryl methyl sites for hydroxylation is 1. The fourth-order valence-electron chi connectivity index (χ4n) is 1.93. The number of benzene rings is 1. The molecule has 0 unspecified atom stereocenters. The van der Waals surface area contributed by atoms with Crippen molar-refractivity contribution in [3.63, 3.8) is 0 Å². The average molecular weight is 233 g/mol. The summed E-state index contributed by atoms with van der Waals surface area (Å²) in [5.74, 6) is 0.242. The van der Waals surface area contributed by atoms with Gasteiger partial charge in [-0.2, -0.15) is 0 Å². The van der Waals surface area contributed by atoms with Crippen LogP contribution >= 0.6 is 0 Å². The van der Waals surface area contributed by atoms with Crippen LogP contribution in [0.15, 0.2) is 29.4 Å². The lowest BCUT2D eigenvalue weighted by Gasteiger charge is -2.09. The molecule has 0 bridgehead atoms. The average Bonchev–Trinajstić information content (AvgIpc) is 2.32. The molecule has 1 aromatic carbocycles. The Bertz CT molecular complexity index is 352. The first-order chi connectivity index (χ1) is 8.19. The Labute approximate surface area is 104 Å². The molecular weight excluding hydrogens is 210 g/mol. The topological polar surface area (TPSA) is 32.6 Å². The van der Waals surface area contributed by atoms with Gasteiger partial charge in [-0.15, -0.1) is 0 Å². The van der Waals surface area contributed by atoms with Crippen LogP contribution in [0.2, 0.25) is 0 Å². The van der Waals surface area contributed by atoms with Crippen molar-refractivity contribution >= 4 is 5.71 Å². The number of oxime groups is 1. The molecule has 0 aromatic heterocycles. The highest BCUT2D eigenvalue weighted by atomic mass is 16.4. The molecular formula is C15H23NO. The zero-order valence-corrected chi connectivity index (χ0v) is 11.1. The minimum atomic E-state index is 0.242. The highest BCUT2D eigenvalue weighted by molar-refractivity contribution is 6.01. The van der Waals surface area contributed by atoms with Gasteiger partial charge in [0, 0.05) is 0 Å². The quantitative estimate of drug-likeness (QED) is 0.339. The van der Waals surface area contributed by atoms with Gasteiger partial charge in [0.1, 0.15) is 0 Å². The smallest absolute Gasteiger partial charge is 0.0893 e. The van der Waals surface area contributed by atoms with Gasteiger partial charge in [0.05, 0.1) is 5.71 Å². The normalized spacial score (nSPS) is 12.1. The van der Waals surface area contributed by atoms with E-state index in [-0.39, 0.29) is 5.92 Å². The summed E-state index contributed by atoms with van der Waals surface area (Å²) in [6.07, 6.45) is 4.94. The van der Waals surface area contributed by atoms with Crippen molar-refractivity contribution in [1.29, 1.82) is 0 Å². The lowest BCUT2D eigenvalue weighted by molar-refractivity contribution is 0.316. The third kappa shape index (κ3) is 4.22. The molecule has 2 heteroatoms. The van der Waals surface area contributed by atoms with Crippen molar-refractivity contribution < 1.29 is 5.21 Å². The highest BCUT2D eigenvalue weighted by Gasteiger charge is 2.08. The van der Waals surface area contributed by atoms with E-state index in [1.807, 2.05) is 13.8 Å². The van der Waals surface area contributed by atoms with Gasteiger partial charge in [0.25, 0.3) is 0 Å². The Balaban J connectivity index is 2.67. The maximum atomic E-state index is 8.98. The number of unbranched alkanes of at least 4 members (excludes halogenated alkanes) is 2. The Morgan fingerprint density at radius 2 is 1.82 bits per heavy atom. The van der Waals surface area contributed by atoms with Gasteiger partial charge in [-0.05, 0) is 29.9 Å². The molecule has 0 aliphatic carbocycles. The molecule has 0 fully saturated rings. The van der Waals surface area contributed by atoms with Crippen molar-refractivity contribution in [2.24, 2.45) is 11.1 Å². The van der Waals surface area contributed by atoms with Crippen molar-refractivity contribution in [2.75, 3.05) is 0 Å². The SMILES string of the molecule is CCCCCc1ccc(C(=NO)C(C)C)cc1. The van der Waals surface area contributed by atoms with Crippen LogP contribution in [0.25, 0.3) is 0 Å². The predicted molar refractivity (Wildman–Crippen MR) is 72.8 cm³/mol.